The number of anilines is 1. The third-order valence-corrected chi connectivity index (χ3v) is 6.15. The second-order valence-corrected chi connectivity index (χ2v) is 8.04. The van der Waals surface area contributed by atoms with Crippen LogP contribution in [-0.4, -0.2) is 11.0 Å². The smallest absolute Gasteiger partial charge is 0.257 e. The minimum atomic E-state index is -0.278. The van der Waals surface area contributed by atoms with Gasteiger partial charge in [-0.2, -0.15) is 5.26 Å². The first kappa shape index (κ1) is 18.4. The Hall–Kier alpha value is -3.01. The van der Waals surface area contributed by atoms with Crippen molar-refractivity contribution in [2.45, 2.75) is 19.3 Å². The second-order valence-electron chi connectivity index (χ2n) is 6.52. The molecule has 1 aliphatic carbocycles. The van der Waals surface area contributed by atoms with Gasteiger partial charge in [0.25, 0.3) is 5.91 Å². The maximum absolute atomic E-state index is 12.5. The fourth-order valence-electron chi connectivity index (χ4n) is 3.36. The van der Waals surface area contributed by atoms with Crippen LogP contribution in [0.2, 0.25) is 0 Å². The number of thiophene rings is 1. The number of fused-ring (bicyclic) bond motifs is 1. The Bertz CT molecular complexity index is 1080. The van der Waals surface area contributed by atoms with Crippen molar-refractivity contribution >= 4 is 39.6 Å². The van der Waals surface area contributed by atoms with Crippen LogP contribution in [0.15, 0.2) is 54.6 Å². The first-order chi connectivity index (χ1) is 13.7. The monoisotopic (exact) mass is 403 g/mol. The summed E-state index contributed by atoms with van der Waals surface area (Å²) in [5, 5.41) is 16.1. The van der Waals surface area contributed by atoms with Gasteiger partial charge >= 0.3 is 0 Å². The quantitative estimate of drug-likeness (QED) is 0.611. The predicted molar refractivity (Wildman–Crippen MR) is 117 cm³/mol. The highest BCUT2D eigenvalue weighted by Gasteiger charge is 2.22. The van der Waals surface area contributed by atoms with E-state index in [1.165, 1.54) is 4.88 Å². The van der Waals surface area contributed by atoms with Crippen molar-refractivity contribution in [1.29, 1.82) is 5.26 Å². The van der Waals surface area contributed by atoms with Gasteiger partial charge in [-0.25, -0.2) is 0 Å². The molecule has 0 bridgehead atoms. The lowest BCUT2D eigenvalue weighted by molar-refractivity contribution is 0.0978. The normalized spacial score (nSPS) is 12.1. The van der Waals surface area contributed by atoms with Gasteiger partial charge in [-0.3, -0.25) is 10.1 Å². The van der Waals surface area contributed by atoms with Gasteiger partial charge in [0.05, 0.1) is 5.56 Å². The highest BCUT2D eigenvalue weighted by Crippen LogP contribution is 2.38. The zero-order valence-corrected chi connectivity index (χ0v) is 16.6. The molecule has 1 aromatic heterocycles. The molecule has 0 radical (unpaired) electrons. The van der Waals surface area contributed by atoms with Gasteiger partial charge in [-0.1, -0.05) is 42.5 Å². The summed E-state index contributed by atoms with van der Waals surface area (Å²) < 4.78 is 0. The summed E-state index contributed by atoms with van der Waals surface area (Å²) in [7, 11) is 0. The molecule has 0 saturated carbocycles. The van der Waals surface area contributed by atoms with Crippen LogP contribution in [0.1, 0.15) is 32.8 Å². The summed E-state index contributed by atoms with van der Waals surface area (Å²) in [6, 6.07) is 19.6. The van der Waals surface area contributed by atoms with Crippen molar-refractivity contribution in [3.8, 4) is 17.2 Å². The lowest BCUT2D eigenvalue weighted by atomic mass is 10.0. The fourth-order valence-corrected chi connectivity index (χ4v) is 4.87. The summed E-state index contributed by atoms with van der Waals surface area (Å²) in [4.78, 5) is 13.7. The van der Waals surface area contributed by atoms with Gasteiger partial charge in [0, 0.05) is 10.4 Å². The molecule has 4 nitrogen and oxygen atoms in total. The summed E-state index contributed by atoms with van der Waals surface area (Å²) in [5.74, 6) is -0.278. The molecular weight excluding hydrogens is 386 g/mol. The van der Waals surface area contributed by atoms with Crippen LogP contribution in [0.5, 0.6) is 0 Å². The van der Waals surface area contributed by atoms with Crippen LogP contribution < -0.4 is 10.6 Å². The van der Waals surface area contributed by atoms with Crippen molar-refractivity contribution in [3.63, 3.8) is 0 Å². The second kappa shape index (κ2) is 7.93. The Balaban J connectivity index is 1.43. The topological polar surface area (TPSA) is 64.9 Å². The summed E-state index contributed by atoms with van der Waals surface area (Å²) >= 11 is 6.83. The van der Waals surface area contributed by atoms with E-state index in [1.807, 2.05) is 42.5 Å². The molecule has 0 fully saturated rings. The zero-order valence-electron chi connectivity index (χ0n) is 15.0. The Kier molecular flexibility index (Phi) is 5.20. The molecule has 1 amide bonds. The third kappa shape index (κ3) is 3.68. The summed E-state index contributed by atoms with van der Waals surface area (Å²) in [6.45, 7) is 0. The SMILES string of the molecule is N#Cc1c(NC(=S)NC(=O)c2ccc(-c3ccccc3)cc2)sc2c1CCC2. The molecule has 1 aliphatic rings. The number of nitrogens with zero attached hydrogens (tertiary/aromatic N) is 1. The van der Waals surface area contributed by atoms with Crippen LogP contribution >= 0.6 is 23.6 Å². The molecule has 0 atom stereocenters. The molecule has 2 N–H and O–H groups in total. The van der Waals surface area contributed by atoms with Gasteiger partial charge in [-0.05, 0) is 60.3 Å². The van der Waals surface area contributed by atoms with Crippen molar-refractivity contribution in [1.82, 2.24) is 5.32 Å². The van der Waals surface area contributed by atoms with Crippen LogP contribution in [-0.2, 0) is 12.8 Å². The van der Waals surface area contributed by atoms with Crippen LogP contribution in [0.25, 0.3) is 11.1 Å². The standard InChI is InChI=1S/C22H17N3OS2/c23-13-18-17-7-4-8-19(17)28-21(18)25-22(27)24-20(26)16-11-9-15(10-12-16)14-5-2-1-3-6-14/h1-3,5-6,9-12H,4,7-8H2,(H2,24,25,26,27). The molecule has 138 valence electrons. The number of nitrogens with one attached hydrogen (secondary N) is 2. The van der Waals surface area contributed by atoms with E-state index in [0.717, 1.165) is 41.0 Å². The van der Waals surface area contributed by atoms with Crippen molar-refractivity contribution < 1.29 is 4.79 Å². The average Bonchev–Trinajstić information content (AvgIpc) is 3.29. The minimum absolute atomic E-state index is 0.202. The third-order valence-electron chi connectivity index (χ3n) is 4.74. The Morgan fingerprint density at radius 1 is 1.04 bits per heavy atom. The van der Waals surface area contributed by atoms with Gasteiger partial charge < -0.3 is 5.32 Å². The van der Waals surface area contributed by atoms with E-state index in [9.17, 15) is 10.1 Å². The van der Waals surface area contributed by atoms with E-state index in [0.29, 0.717) is 11.1 Å². The molecule has 3 aromatic rings. The number of aryl methyl sites for hydroxylation is 1. The molecule has 0 aliphatic heterocycles. The Labute approximate surface area is 172 Å². The highest BCUT2D eigenvalue weighted by molar-refractivity contribution is 7.80. The number of thiocarbonyl (C=S) groups is 1. The van der Waals surface area contributed by atoms with Gasteiger partial charge in [0.15, 0.2) is 5.11 Å². The van der Waals surface area contributed by atoms with E-state index in [2.05, 4.69) is 16.7 Å². The lowest BCUT2D eigenvalue weighted by Gasteiger charge is -2.09. The summed E-state index contributed by atoms with van der Waals surface area (Å²) in [5.41, 5.74) is 4.45. The van der Waals surface area contributed by atoms with Gasteiger partial charge in [0.2, 0.25) is 0 Å². The lowest BCUT2D eigenvalue weighted by Crippen LogP contribution is -2.34. The first-order valence-electron chi connectivity index (χ1n) is 8.98. The Morgan fingerprint density at radius 2 is 1.75 bits per heavy atom. The summed E-state index contributed by atoms with van der Waals surface area (Å²) in [6.07, 6.45) is 3.03. The number of rotatable bonds is 3. The van der Waals surface area contributed by atoms with Gasteiger partial charge in [0.1, 0.15) is 11.1 Å². The molecule has 1 heterocycles. The van der Waals surface area contributed by atoms with E-state index in [4.69, 9.17) is 12.2 Å². The van der Waals surface area contributed by atoms with Crippen LogP contribution in [0.3, 0.4) is 0 Å². The van der Waals surface area contributed by atoms with E-state index in [1.54, 1.807) is 23.5 Å². The fraction of sp³-hybridized carbons (Fsp3) is 0.136. The molecule has 6 heteroatoms. The maximum Gasteiger partial charge on any atom is 0.257 e. The highest BCUT2D eigenvalue weighted by atomic mass is 32.1. The van der Waals surface area contributed by atoms with E-state index in [-0.39, 0.29) is 11.0 Å². The molecule has 4 rings (SSSR count). The minimum Gasteiger partial charge on any atom is -0.323 e. The first-order valence-corrected chi connectivity index (χ1v) is 10.2. The number of amides is 1. The van der Waals surface area contributed by atoms with Crippen molar-refractivity contribution in [3.05, 3.63) is 76.2 Å². The number of hydrogen-bond acceptors (Lipinski definition) is 4. The maximum atomic E-state index is 12.5. The van der Waals surface area contributed by atoms with Gasteiger partial charge in [-0.15, -0.1) is 11.3 Å². The van der Waals surface area contributed by atoms with Crippen molar-refractivity contribution in [2.24, 2.45) is 0 Å². The van der Waals surface area contributed by atoms with Crippen molar-refractivity contribution in [2.75, 3.05) is 5.32 Å². The number of nitriles is 1. The largest absolute Gasteiger partial charge is 0.323 e. The Morgan fingerprint density at radius 3 is 2.46 bits per heavy atom. The molecule has 0 spiro atoms. The van der Waals surface area contributed by atoms with E-state index >= 15 is 0 Å². The predicted octanol–water partition coefficient (Wildman–Crippen LogP) is 4.90. The molecule has 0 saturated heterocycles. The van der Waals surface area contributed by atoms with Crippen LogP contribution in [0, 0.1) is 11.3 Å². The molecule has 0 unspecified atom stereocenters. The number of carbonyl (C=O) groups excluding carboxylic acids is 1. The average molecular weight is 404 g/mol. The molecule has 2 aromatic carbocycles. The van der Waals surface area contributed by atoms with E-state index < -0.39 is 0 Å². The molecule has 28 heavy (non-hydrogen) atoms. The molecular formula is C22H17N3OS2. The number of carbonyl (C=O) groups is 1. The number of hydrogen-bond donors (Lipinski definition) is 2. The number of benzene rings is 2. The van der Waals surface area contributed by atoms with Crippen LogP contribution in [0.4, 0.5) is 5.00 Å². The zero-order chi connectivity index (χ0) is 19.5.